The summed E-state index contributed by atoms with van der Waals surface area (Å²) in [5.74, 6) is -0.00437. The summed E-state index contributed by atoms with van der Waals surface area (Å²) in [7, 11) is 1.48. The van der Waals surface area contributed by atoms with Gasteiger partial charge in [-0.25, -0.2) is 4.39 Å². The molecule has 0 aromatic heterocycles. The fourth-order valence-corrected chi connectivity index (χ4v) is 2.27. The van der Waals surface area contributed by atoms with Crippen molar-refractivity contribution in [2.75, 3.05) is 7.11 Å². The average molecular weight is 287 g/mol. The van der Waals surface area contributed by atoms with Crippen LogP contribution in [0.5, 0.6) is 5.75 Å². The first-order chi connectivity index (χ1) is 10.2. The molecule has 0 spiro atoms. The highest BCUT2D eigenvalue weighted by Crippen LogP contribution is 2.21. The Morgan fingerprint density at radius 3 is 2.48 bits per heavy atom. The van der Waals surface area contributed by atoms with Gasteiger partial charge in [-0.05, 0) is 30.5 Å². The summed E-state index contributed by atoms with van der Waals surface area (Å²) in [5, 5.41) is 3.35. The van der Waals surface area contributed by atoms with Crippen molar-refractivity contribution in [1.82, 2.24) is 5.32 Å². The molecular formula is C18H22FNO. The molecule has 2 aromatic rings. The number of methoxy groups -OCH3 is 1. The van der Waals surface area contributed by atoms with Crippen molar-refractivity contribution in [1.29, 1.82) is 0 Å². The van der Waals surface area contributed by atoms with Crippen LogP contribution in [0, 0.1) is 5.82 Å². The standard InChI is InChI=1S/C18H22FNO/c1-4-14-8-10-15(11-9-14)13(2)20-12-16-6-5-7-17(21-3)18(16)19/h5-11,13,20H,4,12H2,1-3H3. The summed E-state index contributed by atoms with van der Waals surface area (Å²) in [6.45, 7) is 4.70. The molecule has 3 heteroatoms. The molecule has 0 aliphatic rings. The van der Waals surface area contributed by atoms with Crippen LogP contribution in [0.2, 0.25) is 0 Å². The van der Waals surface area contributed by atoms with Crippen molar-refractivity contribution in [2.45, 2.75) is 32.9 Å². The van der Waals surface area contributed by atoms with Crippen LogP contribution in [-0.2, 0) is 13.0 Å². The van der Waals surface area contributed by atoms with E-state index >= 15 is 0 Å². The fraction of sp³-hybridized carbons (Fsp3) is 0.333. The lowest BCUT2D eigenvalue weighted by Crippen LogP contribution is -2.19. The van der Waals surface area contributed by atoms with Crippen LogP contribution >= 0.6 is 0 Å². The van der Waals surface area contributed by atoms with Crippen molar-refractivity contribution in [3.63, 3.8) is 0 Å². The van der Waals surface area contributed by atoms with Gasteiger partial charge in [-0.2, -0.15) is 0 Å². The van der Waals surface area contributed by atoms with Crippen LogP contribution < -0.4 is 10.1 Å². The van der Waals surface area contributed by atoms with Crippen molar-refractivity contribution < 1.29 is 9.13 Å². The third-order valence-electron chi connectivity index (χ3n) is 3.75. The number of halogens is 1. The second-order valence-corrected chi connectivity index (χ2v) is 5.13. The molecule has 0 bridgehead atoms. The Morgan fingerprint density at radius 2 is 1.86 bits per heavy atom. The maximum Gasteiger partial charge on any atom is 0.169 e. The summed E-state index contributed by atoms with van der Waals surface area (Å²) in [6, 6.07) is 13.9. The van der Waals surface area contributed by atoms with Crippen LogP contribution in [0.1, 0.15) is 36.6 Å². The molecule has 1 unspecified atom stereocenters. The number of nitrogens with one attached hydrogen (secondary N) is 1. The molecule has 112 valence electrons. The molecule has 0 amide bonds. The van der Waals surface area contributed by atoms with Gasteiger partial charge in [0.25, 0.3) is 0 Å². The average Bonchev–Trinajstić information content (AvgIpc) is 2.53. The van der Waals surface area contributed by atoms with Gasteiger partial charge in [0.05, 0.1) is 7.11 Å². The predicted molar refractivity (Wildman–Crippen MR) is 84.0 cm³/mol. The van der Waals surface area contributed by atoms with Gasteiger partial charge in [-0.1, -0.05) is 43.3 Å². The van der Waals surface area contributed by atoms with Gasteiger partial charge in [-0.15, -0.1) is 0 Å². The quantitative estimate of drug-likeness (QED) is 0.857. The predicted octanol–water partition coefficient (Wildman–Crippen LogP) is 4.25. The van der Waals surface area contributed by atoms with E-state index in [1.165, 1.54) is 18.2 Å². The molecule has 1 N–H and O–H groups in total. The Balaban J connectivity index is 2.01. The van der Waals surface area contributed by atoms with E-state index in [0.717, 1.165) is 6.42 Å². The Kier molecular flexibility index (Phi) is 5.34. The van der Waals surface area contributed by atoms with Crippen molar-refractivity contribution in [3.05, 3.63) is 65.0 Å². The van der Waals surface area contributed by atoms with Gasteiger partial charge in [0, 0.05) is 18.2 Å². The molecule has 0 aliphatic carbocycles. The molecule has 0 saturated carbocycles. The van der Waals surface area contributed by atoms with Crippen molar-refractivity contribution >= 4 is 0 Å². The molecule has 0 aliphatic heterocycles. The molecule has 2 nitrogen and oxygen atoms in total. The van der Waals surface area contributed by atoms with Gasteiger partial charge in [-0.3, -0.25) is 0 Å². The zero-order chi connectivity index (χ0) is 15.2. The van der Waals surface area contributed by atoms with Gasteiger partial charge in [0.2, 0.25) is 0 Å². The molecular weight excluding hydrogens is 265 g/mol. The molecule has 0 fully saturated rings. The van der Waals surface area contributed by atoms with E-state index in [1.54, 1.807) is 18.2 Å². The summed E-state index contributed by atoms with van der Waals surface area (Å²) >= 11 is 0. The maximum atomic E-state index is 14.1. The SMILES string of the molecule is CCc1ccc(C(C)NCc2cccc(OC)c2F)cc1. The molecule has 21 heavy (non-hydrogen) atoms. The molecule has 2 aromatic carbocycles. The Hall–Kier alpha value is -1.87. The highest BCUT2D eigenvalue weighted by molar-refractivity contribution is 5.31. The number of hydrogen-bond donors (Lipinski definition) is 1. The Bertz CT molecular complexity index is 580. The van der Waals surface area contributed by atoms with Crippen LogP contribution in [-0.4, -0.2) is 7.11 Å². The van der Waals surface area contributed by atoms with E-state index in [-0.39, 0.29) is 17.6 Å². The Morgan fingerprint density at radius 1 is 1.14 bits per heavy atom. The van der Waals surface area contributed by atoms with E-state index in [9.17, 15) is 4.39 Å². The molecule has 0 saturated heterocycles. The lowest BCUT2D eigenvalue weighted by Gasteiger charge is -2.15. The van der Waals surface area contributed by atoms with E-state index in [2.05, 4.69) is 43.4 Å². The van der Waals surface area contributed by atoms with Gasteiger partial charge in [0.1, 0.15) is 0 Å². The van der Waals surface area contributed by atoms with Crippen LogP contribution in [0.4, 0.5) is 4.39 Å². The number of benzene rings is 2. The lowest BCUT2D eigenvalue weighted by molar-refractivity contribution is 0.382. The summed E-state index contributed by atoms with van der Waals surface area (Å²) < 4.78 is 19.1. The number of ether oxygens (including phenoxy) is 1. The van der Waals surface area contributed by atoms with Crippen molar-refractivity contribution in [2.24, 2.45) is 0 Å². The van der Waals surface area contributed by atoms with E-state index in [0.29, 0.717) is 12.1 Å². The van der Waals surface area contributed by atoms with E-state index in [4.69, 9.17) is 4.74 Å². The summed E-state index contributed by atoms with van der Waals surface area (Å²) in [4.78, 5) is 0. The first-order valence-corrected chi connectivity index (χ1v) is 7.29. The normalized spacial score (nSPS) is 12.2. The number of aryl methyl sites for hydroxylation is 1. The highest BCUT2D eigenvalue weighted by Gasteiger charge is 2.10. The maximum absolute atomic E-state index is 14.1. The minimum absolute atomic E-state index is 0.168. The second-order valence-electron chi connectivity index (χ2n) is 5.13. The van der Waals surface area contributed by atoms with Crippen LogP contribution in [0.3, 0.4) is 0 Å². The fourth-order valence-electron chi connectivity index (χ4n) is 2.27. The first-order valence-electron chi connectivity index (χ1n) is 7.29. The van der Waals surface area contributed by atoms with Crippen molar-refractivity contribution in [3.8, 4) is 5.75 Å². The summed E-state index contributed by atoms with van der Waals surface area (Å²) in [5.41, 5.74) is 3.15. The monoisotopic (exact) mass is 287 g/mol. The third-order valence-corrected chi connectivity index (χ3v) is 3.75. The van der Waals surface area contributed by atoms with Crippen LogP contribution in [0.25, 0.3) is 0 Å². The first kappa shape index (κ1) is 15.5. The molecule has 0 radical (unpaired) electrons. The van der Waals surface area contributed by atoms with Gasteiger partial charge in [0.15, 0.2) is 11.6 Å². The molecule has 1 atom stereocenters. The lowest BCUT2D eigenvalue weighted by atomic mass is 10.0. The minimum atomic E-state index is -0.291. The highest BCUT2D eigenvalue weighted by atomic mass is 19.1. The number of rotatable bonds is 6. The zero-order valence-electron chi connectivity index (χ0n) is 12.8. The smallest absolute Gasteiger partial charge is 0.169 e. The second kappa shape index (κ2) is 7.23. The van der Waals surface area contributed by atoms with E-state index < -0.39 is 0 Å². The summed E-state index contributed by atoms with van der Waals surface area (Å²) in [6.07, 6.45) is 1.04. The van der Waals surface area contributed by atoms with Gasteiger partial charge >= 0.3 is 0 Å². The Labute approximate surface area is 126 Å². The minimum Gasteiger partial charge on any atom is -0.494 e. The third kappa shape index (κ3) is 3.82. The topological polar surface area (TPSA) is 21.3 Å². The number of hydrogen-bond acceptors (Lipinski definition) is 2. The molecule has 2 rings (SSSR count). The van der Waals surface area contributed by atoms with Gasteiger partial charge < -0.3 is 10.1 Å². The largest absolute Gasteiger partial charge is 0.494 e. The molecule has 0 heterocycles. The van der Waals surface area contributed by atoms with E-state index in [1.807, 2.05) is 0 Å². The zero-order valence-corrected chi connectivity index (χ0v) is 12.8. The van der Waals surface area contributed by atoms with Crippen LogP contribution in [0.15, 0.2) is 42.5 Å².